The molecule has 0 fully saturated rings. The van der Waals surface area contributed by atoms with Crippen LogP contribution in [0.15, 0.2) is 23.0 Å². The van der Waals surface area contributed by atoms with Crippen LogP contribution in [0.4, 0.5) is 5.69 Å². The van der Waals surface area contributed by atoms with Gasteiger partial charge in [-0.25, -0.2) is 0 Å². The fourth-order valence-electron chi connectivity index (χ4n) is 3.40. The average molecular weight is 417 g/mol. The van der Waals surface area contributed by atoms with Crippen molar-refractivity contribution in [2.45, 2.75) is 85.8 Å². The Hall–Kier alpha value is -2.50. The molecule has 1 aromatic carbocycles. The van der Waals surface area contributed by atoms with Gasteiger partial charge in [-0.05, 0) is 44.9 Å². The summed E-state index contributed by atoms with van der Waals surface area (Å²) in [4.78, 5) is 25.0. The Labute approximate surface area is 179 Å². The number of hydrogen-bond acceptors (Lipinski definition) is 4. The molecule has 2 aromatic rings. The molecule has 6 heteroatoms. The summed E-state index contributed by atoms with van der Waals surface area (Å²) >= 11 is 0. The van der Waals surface area contributed by atoms with Crippen molar-refractivity contribution in [2.24, 2.45) is 0 Å². The van der Waals surface area contributed by atoms with Crippen LogP contribution in [0.3, 0.4) is 0 Å². The molecule has 6 nitrogen and oxygen atoms in total. The zero-order valence-corrected chi connectivity index (χ0v) is 19.0. The first-order valence-corrected chi connectivity index (χ1v) is 11.2. The van der Waals surface area contributed by atoms with Gasteiger partial charge in [0.05, 0.1) is 18.2 Å². The van der Waals surface area contributed by atoms with E-state index in [0.717, 1.165) is 49.4 Å². The fraction of sp³-hybridized carbons (Fsp3) is 0.583. The number of anilines is 1. The molecular weight excluding hydrogens is 380 g/mol. The van der Waals surface area contributed by atoms with E-state index in [0.29, 0.717) is 24.6 Å². The van der Waals surface area contributed by atoms with Crippen molar-refractivity contribution in [1.82, 2.24) is 4.57 Å². The molecule has 0 bridgehead atoms. The molecular formula is C24H36N2O4. The maximum atomic E-state index is 13.4. The Bertz CT molecular complexity index is 902. The van der Waals surface area contributed by atoms with E-state index in [4.69, 9.17) is 9.47 Å². The maximum absolute atomic E-state index is 13.4. The van der Waals surface area contributed by atoms with Gasteiger partial charge in [-0.1, -0.05) is 39.5 Å². The van der Waals surface area contributed by atoms with E-state index in [9.17, 15) is 9.59 Å². The fourth-order valence-corrected chi connectivity index (χ4v) is 3.40. The minimum Gasteiger partial charge on any atom is -0.489 e. The van der Waals surface area contributed by atoms with Gasteiger partial charge >= 0.3 is 0 Å². The monoisotopic (exact) mass is 416 g/mol. The lowest BCUT2D eigenvalue weighted by molar-refractivity contribution is -0.114. The minimum atomic E-state index is -0.181. The van der Waals surface area contributed by atoms with Crippen molar-refractivity contribution in [2.75, 3.05) is 11.9 Å². The van der Waals surface area contributed by atoms with Crippen molar-refractivity contribution >= 4 is 22.5 Å². The third kappa shape index (κ3) is 6.25. The first-order valence-electron chi connectivity index (χ1n) is 11.2. The molecule has 0 aliphatic heterocycles. The van der Waals surface area contributed by atoms with Gasteiger partial charge in [0.15, 0.2) is 5.75 Å². The van der Waals surface area contributed by atoms with Crippen molar-refractivity contribution in [3.8, 4) is 11.5 Å². The predicted molar refractivity (Wildman–Crippen MR) is 123 cm³/mol. The topological polar surface area (TPSA) is 69.6 Å². The number of rotatable bonds is 12. The largest absolute Gasteiger partial charge is 0.489 e. The first-order chi connectivity index (χ1) is 14.4. The average Bonchev–Trinajstić information content (AvgIpc) is 2.68. The summed E-state index contributed by atoms with van der Waals surface area (Å²) in [5.74, 6) is 0.623. The molecule has 30 heavy (non-hydrogen) atoms. The Kier molecular flexibility index (Phi) is 9.21. The SMILES string of the molecule is CCCCCCn1c(=O)c(OC(C)C)c(OCCCC)c2ccc(NC(C)=O)cc21. The maximum Gasteiger partial charge on any atom is 0.297 e. The van der Waals surface area contributed by atoms with Crippen molar-refractivity contribution in [1.29, 1.82) is 0 Å². The summed E-state index contributed by atoms with van der Waals surface area (Å²) in [5, 5.41) is 3.64. The highest BCUT2D eigenvalue weighted by molar-refractivity contribution is 5.94. The zero-order valence-electron chi connectivity index (χ0n) is 19.0. The van der Waals surface area contributed by atoms with Crippen LogP contribution in [0.5, 0.6) is 11.5 Å². The molecule has 0 aliphatic carbocycles. The molecule has 1 heterocycles. The zero-order chi connectivity index (χ0) is 22.1. The Morgan fingerprint density at radius 1 is 1.07 bits per heavy atom. The number of hydrogen-bond donors (Lipinski definition) is 1. The highest BCUT2D eigenvalue weighted by Gasteiger charge is 2.21. The molecule has 0 atom stereocenters. The molecule has 0 radical (unpaired) electrons. The lowest BCUT2D eigenvalue weighted by Gasteiger charge is -2.20. The van der Waals surface area contributed by atoms with Crippen molar-refractivity contribution < 1.29 is 14.3 Å². The molecule has 1 amide bonds. The molecule has 166 valence electrons. The number of fused-ring (bicyclic) bond motifs is 1. The van der Waals surface area contributed by atoms with Gasteiger partial charge in [0, 0.05) is 24.5 Å². The standard InChI is InChI=1S/C24H36N2O4/c1-6-8-10-11-14-26-21-16-19(25-18(5)27)12-13-20(21)22(29-15-9-7-2)23(24(26)28)30-17(3)4/h12-13,16-17H,6-11,14-15H2,1-5H3,(H,25,27). The predicted octanol–water partition coefficient (Wildman–Crippen LogP) is 5.51. The van der Waals surface area contributed by atoms with Gasteiger partial charge in [0.1, 0.15) is 0 Å². The van der Waals surface area contributed by atoms with Crippen LogP contribution >= 0.6 is 0 Å². The normalized spacial score (nSPS) is 11.1. The van der Waals surface area contributed by atoms with Crippen LogP contribution < -0.4 is 20.3 Å². The quantitative estimate of drug-likeness (QED) is 0.463. The highest BCUT2D eigenvalue weighted by Crippen LogP contribution is 2.35. The van der Waals surface area contributed by atoms with E-state index in [1.165, 1.54) is 6.92 Å². The van der Waals surface area contributed by atoms with E-state index in [-0.39, 0.29) is 23.3 Å². The second kappa shape index (κ2) is 11.6. The third-order valence-corrected chi connectivity index (χ3v) is 4.83. The summed E-state index contributed by atoms with van der Waals surface area (Å²) in [7, 11) is 0. The number of aryl methyl sites for hydroxylation is 1. The van der Waals surface area contributed by atoms with Crippen molar-refractivity contribution in [3.05, 3.63) is 28.6 Å². The van der Waals surface area contributed by atoms with Crippen LogP contribution in [0, 0.1) is 0 Å². The van der Waals surface area contributed by atoms with E-state index >= 15 is 0 Å². The van der Waals surface area contributed by atoms with Crippen LogP contribution in [0.2, 0.25) is 0 Å². The summed E-state index contributed by atoms with van der Waals surface area (Å²) in [6, 6.07) is 5.59. The molecule has 0 aliphatic rings. The molecule has 2 rings (SSSR count). The molecule has 0 saturated heterocycles. The third-order valence-electron chi connectivity index (χ3n) is 4.83. The number of carbonyl (C=O) groups is 1. The molecule has 1 aromatic heterocycles. The molecule has 0 unspecified atom stereocenters. The second-order valence-electron chi connectivity index (χ2n) is 7.96. The number of benzene rings is 1. The van der Waals surface area contributed by atoms with Gasteiger partial charge in [0.25, 0.3) is 5.56 Å². The minimum absolute atomic E-state index is 0.143. The summed E-state index contributed by atoms with van der Waals surface area (Å²) < 4.78 is 13.8. The number of amides is 1. The van der Waals surface area contributed by atoms with Crippen LogP contribution in [-0.4, -0.2) is 23.2 Å². The lowest BCUT2D eigenvalue weighted by atomic mass is 10.1. The Morgan fingerprint density at radius 3 is 2.43 bits per heavy atom. The number of aromatic nitrogens is 1. The van der Waals surface area contributed by atoms with Gasteiger partial charge in [0.2, 0.25) is 11.7 Å². The lowest BCUT2D eigenvalue weighted by Crippen LogP contribution is -2.26. The number of pyridine rings is 1. The summed E-state index contributed by atoms with van der Waals surface area (Å²) in [6.07, 6.45) is 5.99. The Balaban J connectivity index is 2.64. The van der Waals surface area contributed by atoms with Crippen LogP contribution in [0.25, 0.3) is 10.9 Å². The summed E-state index contributed by atoms with van der Waals surface area (Å²) in [5.41, 5.74) is 1.23. The number of nitrogens with zero attached hydrogens (tertiary/aromatic N) is 1. The van der Waals surface area contributed by atoms with Gasteiger partial charge < -0.3 is 19.4 Å². The number of unbranched alkanes of at least 4 members (excludes halogenated alkanes) is 4. The van der Waals surface area contributed by atoms with Gasteiger partial charge in [-0.15, -0.1) is 0 Å². The van der Waals surface area contributed by atoms with Gasteiger partial charge in [-0.3, -0.25) is 9.59 Å². The van der Waals surface area contributed by atoms with E-state index < -0.39 is 0 Å². The first kappa shape index (κ1) is 23.8. The van der Waals surface area contributed by atoms with E-state index in [1.54, 1.807) is 4.57 Å². The Morgan fingerprint density at radius 2 is 1.80 bits per heavy atom. The van der Waals surface area contributed by atoms with Crippen LogP contribution in [0.1, 0.15) is 73.1 Å². The van der Waals surface area contributed by atoms with Gasteiger partial charge in [-0.2, -0.15) is 0 Å². The molecule has 1 N–H and O–H groups in total. The highest BCUT2D eigenvalue weighted by atomic mass is 16.5. The smallest absolute Gasteiger partial charge is 0.297 e. The number of ether oxygens (including phenoxy) is 2. The molecule has 0 saturated carbocycles. The number of carbonyl (C=O) groups excluding carboxylic acids is 1. The van der Waals surface area contributed by atoms with E-state index in [1.807, 2.05) is 32.0 Å². The molecule has 0 spiro atoms. The number of nitrogens with one attached hydrogen (secondary N) is 1. The summed E-state index contributed by atoms with van der Waals surface area (Å²) in [6.45, 7) is 10.7. The van der Waals surface area contributed by atoms with Crippen molar-refractivity contribution in [3.63, 3.8) is 0 Å². The van der Waals surface area contributed by atoms with E-state index in [2.05, 4.69) is 19.2 Å². The van der Waals surface area contributed by atoms with Crippen LogP contribution in [-0.2, 0) is 11.3 Å². The second-order valence-corrected chi connectivity index (χ2v) is 7.96.